The molecule has 0 radical (unpaired) electrons. The lowest BCUT2D eigenvalue weighted by Gasteiger charge is -2.07. The number of carbonyl (C=O) groups is 1. The van der Waals surface area contributed by atoms with Gasteiger partial charge in [0.25, 0.3) is 0 Å². The SMILES string of the molecule is COc1cc(/C=N/NC(=O)Cc2cc(C)ccc2C)cc(I)c1O. The van der Waals surface area contributed by atoms with Crippen molar-refractivity contribution in [3.63, 3.8) is 0 Å². The van der Waals surface area contributed by atoms with Crippen LogP contribution in [0.15, 0.2) is 35.4 Å². The highest BCUT2D eigenvalue weighted by atomic mass is 127. The lowest BCUT2D eigenvalue weighted by molar-refractivity contribution is -0.120. The number of aromatic hydroxyl groups is 1. The van der Waals surface area contributed by atoms with E-state index in [0.717, 1.165) is 22.3 Å². The zero-order chi connectivity index (χ0) is 17.7. The van der Waals surface area contributed by atoms with Gasteiger partial charge in [-0.3, -0.25) is 4.79 Å². The summed E-state index contributed by atoms with van der Waals surface area (Å²) in [7, 11) is 1.48. The number of ether oxygens (including phenoxy) is 1. The Hall–Kier alpha value is -2.09. The molecule has 126 valence electrons. The van der Waals surface area contributed by atoms with Crippen molar-refractivity contribution in [2.45, 2.75) is 20.3 Å². The predicted octanol–water partition coefficient (Wildman–Crippen LogP) is 3.32. The molecule has 2 rings (SSSR count). The van der Waals surface area contributed by atoms with E-state index < -0.39 is 0 Å². The van der Waals surface area contributed by atoms with Crippen LogP contribution in [0.1, 0.15) is 22.3 Å². The number of carbonyl (C=O) groups excluding carboxylic acids is 1. The third-order valence-electron chi connectivity index (χ3n) is 3.53. The van der Waals surface area contributed by atoms with Gasteiger partial charge in [0.05, 0.1) is 23.3 Å². The molecule has 0 saturated carbocycles. The zero-order valence-electron chi connectivity index (χ0n) is 13.8. The van der Waals surface area contributed by atoms with Gasteiger partial charge in [-0.15, -0.1) is 0 Å². The number of hydrazone groups is 1. The molecule has 0 aromatic heterocycles. The van der Waals surface area contributed by atoms with Crippen LogP contribution in [-0.2, 0) is 11.2 Å². The smallest absolute Gasteiger partial charge is 0.244 e. The molecule has 0 unspecified atom stereocenters. The van der Waals surface area contributed by atoms with Crippen LogP contribution in [0, 0.1) is 17.4 Å². The molecule has 0 fully saturated rings. The number of rotatable bonds is 5. The van der Waals surface area contributed by atoms with Crippen molar-refractivity contribution in [2.24, 2.45) is 5.10 Å². The molecule has 2 aromatic carbocycles. The fraction of sp³-hybridized carbons (Fsp3) is 0.222. The lowest BCUT2D eigenvalue weighted by Crippen LogP contribution is -2.20. The topological polar surface area (TPSA) is 70.9 Å². The number of aryl methyl sites for hydroxylation is 2. The van der Waals surface area contributed by atoms with E-state index in [1.54, 1.807) is 12.1 Å². The van der Waals surface area contributed by atoms with E-state index in [4.69, 9.17) is 4.74 Å². The second-order valence-corrected chi connectivity index (χ2v) is 6.62. The van der Waals surface area contributed by atoms with E-state index in [-0.39, 0.29) is 18.1 Å². The van der Waals surface area contributed by atoms with Crippen LogP contribution < -0.4 is 10.2 Å². The first-order valence-electron chi connectivity index (χ1n) is 7.35. The molecular formula is C18H19IN2O3. The molecule has 24 heavy (non-hydrogen) atoms. The molecule has 0 aliphatic carbocycles. The van der Waals surface area contributed by atoms with Gasteiger partial charge in [0, 0.05) is 0 Å². The molecule has 0 bridgehead atoms. The number of halogens is 1. The van der Waals surface area contributed by atoms with Gasteiger partial charge in [-0.1, -0.05) is 23.8 Å². The highest BCUT2D eigenvalue weighted by Crippen LogP contribution is 2.31. The number of phenolic OH excluding ortho intramolecular Hbond substituents is 1. The molecule has 2 N–H and O–H groups in total. The zero-order valence-corrected chi connectivity index (χ0v) is 15.9. The van der Waals surface area contributed by atoms with Gasteiger partial charge in [-0.2, -0.15) is 5.10 Å². The Morgan fingerprint density at radius 2 is 2.08 bits per heavy atom. The summed E-state index contributed by atoms with van der Waals surface area (Å²) in [6, 6.07) is 9.43. The van der Waals surface area contributed by atoms with E-state index in [9.17, 15) is 9.90 Å². The summed E-state index contributed by atoms with van der Waals surface area (Å²) < 4.78 is 5.74. The number of amides is 1. The number of hydrogen-bond donors (Lipinski definition) is 2. The maximum absolute atomic E-state index is 12.0. The molecule has 0 heterocycles. The van der Waals surface area contributed by atoms with Gasteiger partial charge in [0.1, 0.15) is 0 Å². The van der Waals surface area contributed by atoms with Gasteiger partial charge in [-0.25, -0.2) is 5.43 Å². The minimum absolute atomic E-state index is 0.0919. The van der Waals surface area contributed by atoms with E-state index >= 15 is 0 Å². The summed E-state index contributed by atoms with van der Waals surface area (Å²) in [5, 5.41) is 13.8. The van der Waals surface area contributed by atoms with Gasteiger partial charge >= 0.3 is 0 Å². The standard InChI is InChI=1S/C18H19IN2O3/c1-11-4-5-12(2)14(6-11)9-17(22)21-20-10-13-7-15(19)18(23)16(8-13)24-3/h4-8,10,23H,9H2,1-3H3,(H,21,22)/b20-10+. The predicted molar refractivity (Wildman–Crippen MR) is 103 cm³/mol. The number of hydrogen-bond acceptors (Lipinski definition) is 4. The van der Waals surface area contributed by atoms with Crippen LogP contribution in [0.25, 0.3) is 0 Å². The second-order valence-electron chi connectivity index (χ2n) is 5.45. The number of benzene rings is 2. The van der Waals surface area contributed by atoms with Crippen molar-refractivity contribution in [3.8, 4) is 11.5 Å². The van der Waals surface area contributed by atoms with Gasteiger partial charge < -0.3 is 9.84 Å². The van der Waals surface area contributed by atoms with Crippen LogP contribution in [-0.4, -0.2) is 24.3 Å². The third-order valence-corrected chi connectivity index (χ3v) is 4.35. The maximum atomic E-state index is 12.0. The number of nitrogens with one attached hydrogen (secondary N) is 1. The first-order valence-corrected chi connectivity index (χ1v) is 8.43. The average Bonchev–Trinajstić information content (AvgIpc) is 2.54. The highest BCUT2D eigenvalue weighted by Gasteiger charge is 2.08. The summed E-state index contributed by atoms with van der Waals surface area (Å²) in [5.74, 6) is 0.277. The lowest BCUT2D eigenvalue weighted by atomic mass is 10.0. The molecule has 0 saturated heterocycles. The number of nitrogens with zero attached hydrogens (tertiary/aromatic N) is 1. The Labute approximate surface area is 154 Å². The molecule has 5 nitrogen and oxygen atoms in total. The van der Waals surface area contributed by atoms with Crippen LogP contribution in [0.3, 0.4) is 0 Å². The molecule has 6 heteroatoms. The molecule has 2 aromatic rings. The number of methoxy groups -OCH3 is 1. The monoisotopic (exact) mass is 438 g/mol. The average molecular weight is 438 g/mol. The van der Waals surface area contributed by atoms with Crippen LogP contribution in [0.2, 0.25) is 0 Å². The highest BCUT2D eigenvalue weighted by molar-refractivity contribution is 14.1. The Morgan fingerprint density at radius 1 is 1.33 bits per heavy atom. The second kappa shape index (κ2) is 8.14. The third kappa shape index (κ3) is 4.70. The fourth-order valence-electron chi connectivity index (χ4n) is 2.21. The molecule has 0 aliphatic rings. The Bertz CT molecular complexity index is 788. The molecule has 0 atom stereocenters. The number of phenols is 1. The van der Waals surface area contributed by atoms with E-state index in [2.05, 4.69) is 10.5 Å². The van der Waals surface area contributed by atoms with Gasteiger partial charge in [-0.05, 0) is 65.3 Å². The first-order chi connectivity index (χ1) is 11.4. The first kappa shape index (κ1) is 18.3. The van der Waals surface area contributed by atoms with Crippen molar-refractivity contribution in [1.29, 1.82) is 0 Å². The minimum Gasteiger partial charge on any atom is -0.504 e. The fourth-order valence-corrected chi connectivity index (χ4v) is 2.83. The quantitative estimate of drug-likeness (QED) is 0.428. The van der Waals surface area contributed by atoms with E-state index in [1.807, 2.05) is 54.6 Å². The molecule has 0 aliphatic heterocycles. The van der Waals surface area contributed by atoms with Crippen molar-refractivity contribution in [2.75, 3.05) is 7.11 Å². The Balaban J connectivity index is 2.02. The van der Waals surface area contributed by atoms with Gasteiger partial charge in [0.15, 0.2) is 11.5 Å². The summed E-state index contributed by atoms with van der Waals surface area (Å²) in [6.07, 6.45) is 1.80. The molecular weight excluding hydrogens is 419 g/mol. The van der Waals surface area contributed by atoms with Crippen LogP contribution in [0.4, 0.5) is 0 Å². The van der Waals surface area contributed by atoms with Crippen molar-refractivity contribution < 1.29 is 14.6 Å². The van der Waals surface area contributed by atoms with E-state index in [1.165, 1.54) is 13.3 Å². The van der Waals surface area contributed by atoms with Crippen molar-refractivity contribution in [3.05, 3.63) is 56.2 Å². The Morgan fingerprint density at radius 3 is 2.79 bits per heavy atom. The molecule has 0 spiro atoms. The maximum Gasteiger partial charge on any atom is 0.244 e. The van der Waals surface area contributed by atoms with Crippen LogP contribution in [0.5, 0.6) is 11.5 Å². The van der Waals surface area contributed by atoms with Crippen LogP contribution >= 0.6 is 22.6 Å². The summed E-state index contributed by atoms with van der Waals surface area (Å²) in [4.78, 5) is 12.0. The van der Waals surface area contributed by atoms with Gasteiger partial charge in [0.2, 0.25) is 5.91 Å². The summed E-state index contributed by atoms with van der Waals surface area (Å²) in [6.45, 7) is 3.98. The minimum atomic E-state index is -0.180. The normalized spacial score (nSPS) is 10.8. The molecule has 1 amide bonds. The largest absolute Gasteiger partial charge is 0.504 e. The van der Waals surface area contributed by atoms with Crippen molar-refractivity contribution in [1.82, 2.24) is 5.43 Å². The Kier molecular flexibility index (Phi) is 6.19. The van der Waals surface area contributed by atoms with E-state index in [0.29, 0.717) is 9.32 Å². The van der Waals surface area contributed by atoms with Crippen molar-refractivity contribution >= 4 is 34.7 Å². The summed E-state index contributed by atoms with van der Waals surface area (Å²) >= 11 is 2.01. The summed E-state index contributed by atoms with van der Waals surface area (Å²) in [5.41, 5.74) is 6.44.